The van der Waals surface area contributed by atoms with Gasteiger partial charge in [-0.05, 0) is 25.0 Å². The van der Waals surface area contributed by atoms with Gasteiger partial charge in [-0.15, -0.1) is 11.6 Å². The predicted molar refractivity (Wildman–Crippen MR) is 70.3 cm³/mol. The normalized spacial score (nSPS) is 17.4. The maximum Gasteiger partial charge on any atom is 0.254 e. The number of hydrogen-bond acceptors (Lipinski definition) is 1. The van der Waals surface area contributed by atoms with E-state index in [-0.39, 0.29) is 11.0 Å². The fourth-order valence-corrected chi connectivity index (χ4v) is 2.89. The second-order valence-corrected chi connectivity index (χ2v) is 5.39. The Bertz CT molecular complexity index is 473. The van der Waals surface area contributed by atoms with Crippen molar-refractivity contribution in [2.24, 2.45) is 5.41 Å². The first-order chi connectivity index (χ1) is 9.08. The van der Waals surface area contributed by atoms with Crippen molar-refractivity contribution in [2.75, 3.05) is 12.4 Å². The fourth-order valence-electron chi connectivity index (χ4n) is 2.52. The Morgan fingerprint density at radius 1 is 1.32 bits per heavy atom. The molecule has 1 aromatic rings. The molecule has 104 valence electrons. The zero-order valence-corrected chi connectivity index (χ0v) is 11.3. The van der Waals surface area contributed by atoms with E-state index in [0.29, 0.717) is 12.4 Å². The summed E-state index contributed by atoms with van der Waals surface area (Å²) in [5.41, 5.74) is -0.358. The maximum atomic E-state index is 13.5. The smallest absolute Gasteiger partial charge is 0.254 e. The molecule has 1 aliphatic carbocycles. The Balaban J connectivity index is 2.03. The lowest BCUT2D eigenvalue weighted by Gasteiger charge is -2.26. The summed E-state index contributed by atoms with van der Waals surface area (Å²) >= 11 is 5.97. The summed E-state index contributed by atoms with van der Waals surface area (Å²) in [5.74, 6) is -2.24. The van der Waals surface area contributed by atoms with Crippen LogP contribution in [0.2, 0.25) is 0 Å². The highest BCUT2D eigenvalue weighted by Crippen LogP contribution is 2.38. The van der Waals surface area contributed by atoms with Gasteiger partial charge in [0, 0.05) is 17.8 Å². The van der Waals surface area contributed by atoms with E-state index in [1.165, 1.54) is 12.1 Å². The van der Waals surface area contributed by atoms with Gasteiger partial charge in [-0.2, -0.15) is 0 Å². The Morgan fingerprint density at radius 2 is 2.00 bits per heavy atom. The standard InChI is InChI=1S/C14H16ClF2NO/c15-8-14(6-1-2-7-14)9-18-13(19)10-4-3-5-11(16)12(10)17/h3-5H,1-2,6-9H2,(H,18,19). The highest BCUT2D eigenvalue weighted by Gasteiger charge is 2.33. The van der Waals surface area contributed by atoms with Crippen LogP contribution in [0.4, 0.5) is 8.78 Å². The van der Waals surface area contributed by atoms with Gasteiger partial charge in [0.15, 0.2) is 11.6 Å². The largest absolute Gasteiger partial charge is 0.351 e. The van der Waals surface area contributed by atoms with Gasteiger partial charge >= 0.3 is 0 Å². The molecule has 1 aromatic carbocycles. The van der Waals surface area contributed by atoms with Gasteiger partial charge in [0.1, 0.15) is 0 Å². The van der Waals surface area contributed by atoms with Crippen molar-refractivity contribution in [1.29, 1.82) is 0 Å². The number of hydrogen-bond donors (Lipinski definition) is 1. The summed E-state index contributed by atoms with van der Waals surface area (Å²) in [6.45, 7) is 0.408. The average Bonchev–Trinajstić information content (AvgIpc) is 2.89. The van der Waals surface area contributed by atoms with Gasteiger partial charge in [0.25, 0.3) is 5.91 Å². The number of halogens is 3. The Labute approximate surface area is 116 Å². The molecular weight excluding hydrogens is 272 g/mol. The Hall–Kier alpha value is -1.16. The molecule has 0 aliphatic heterocycles. The highest BCUT2D eigenvalue weighted by molar-refractivity contribution is 6.18. The average molecular weight is 288 g/mol. The molecule has 1 saturated carbocycles. The summed E-state index contributed by atoms with van der Waals surface area (Å²) in [7, 11) is 0. The van der Waals surface area contributed by atoms with Crippen molar-refractivity contribution >= 4 is 17.5 Å². The third-order valence-corrected chi connectivity index (χ3v) is 4.33. The molecule has 1 aliphatic rings. The third kappa shape index (κ3) is 3.06. The van der Waals surface area contributed by atoms with E-state index < -0.39 is 17.5 Å². The van der Waals surface area contributed by atoms with Crippen LogP contribution in [0.5, 0.6) is 0 Å². The van der Waals surface area contributed by atoms with Gasteiger partial charge in [0.2, 0.25) is 0 Å². The molecule has 1 N–H and O–H groups in total. The first-order valence-corrected chi connectivity index (χ1v) is 6.90. The molecule has 1 fully saturated rings. The van der Waals surface area contributed by atoms with Crippen LogP contribution in [0, 0.1) is 17.0 Å². The van der Waals surface area contributed by atoms with E-state index in [1.54, 1.807) is 0 Å². The maximum absolute atomic E-state index is 13.5. The molecule has 0 heterocycles. The lowest BCUT2D eigenvalue weighted by Crippen LogP contribution is -2.37. The topological polar surface area (TPSA) is 29.1 Å². The molecule has 0 aromatic heterocycles. The molecule has 2 rings (SSSR count). The molecule has 0 atom stereocenters. The van der Waals surface area contributed by atoms with Crippen molar-refractivity contribution in [3.05, 3.63) is 35.4 Å². The second kappa shape index (κ2) is 5.87. The quantitative estimate of drug-likeness (QED) is 0.844. The zero-order valence-electron chi connectivity index (χ0n) is 10.5. The number of benzene rings is 1. The Morgan fingerprint density at radius 3 is 2.63 bits per heavy atom. The summed E-state index contributed by atoms with van der Waals surface area (Å²) < 4.78 is 26.5. The van der Waals surface area contributed by atoms with Gasteiger partial charge in [-0.1, -0.05) is 18.9 Å². The van der Waals surface area contributed by atoms with E-state index in [0.717, 1.165) is 31.7 Å². The monoisotopic (exact) mass is 287 g/mol. The minimum Gasteiger partial charge on any atom is -0.351 e. The van der Waals surface area contributed by atoms with Crippen LogP contribution in [0.1, 0.15) is 36.0 Å². The number of carbonyl (C=O) groups excluding carboxylic acids is 1. The minimum absolute atomic E-state index is 0.0962. The fraction of sp³-hybridized carbons (Fsp3) is 0.500. The Kier molecular flexibility index (Phi) is 4.40. The van der Waals surface area contributed by atoms with Gasteiger partial charge in [-0.3, -0.25) is 4.79 Å². The van der Waals surface area contributed by atoms with Crippen molar-refractivity contribution < 1.29 is 13.6 Å². The number of alkyl halides is 1. The molecule has 19 heavy (non-hydrogen) atoms. The second-order valence-electron chi connectivity index (χ2n) is 5.12. The summed E-state index contributed by atoms with van der Waals surface area (Å²) in [6, 6.07) is 3.58. The number of carbonyl (C=O) groups is 1. The van der Waals surface area contributed by atoms with Gasteiger partial charge < -0.3 is 5.32 Å². The zero-order chi connectivity index (χ0) is 13.9. The van der Waals surface area contributed by atoms with Gasteiger partial charge in [-0.25, -0.2) is 8.78 Å². The van der Waals surface area contributed by atoms with Crippen LogP contribution < -0.4 is 5.32 Å². The van der Waals surface area contributed by atoms with E-state index in [1.807, 2.05) is 0 Å². The van der Waals surface area contributed by atoms with Crippen molar-refractivity contribution in [2.45, 2.75) is 25.7 Å². The summed E-state index contributed by atoms with van der Waals surface area (Å²) in [4.78, 5) is 11.9. The highest BCUT2D eigenvalue weighted by atomic mass is 35.5. The van der Waals surface area contributed by atoms with E-state index in [9.17, 15) is 13.6 Å². The number of rotatable bonds is 4. The summed E-state index contributed by atoms with van der Waals surface area (Å²) in [6.07, 6.45) is 4.11. The van der Waals surface area contributed by atoms with E-state index in [2.05, 4.69) is 5.32 Å². The van der Waals surface area contributed by atoms with Gasteiger partial charge in [0.05, 0.1) is 5.56 Å². The lowest BCUT2D eigenvalue weighted by atomic mass is 9.88. The lowest BCUT2D eigenvalue weighted by molar-refractivity contribution is 0.0930. The molecule has 5 heteroatoms. The van der Waals surface area contributed by atoms with Crippen LogP contribution in [0.3, 0.4) is 0 Å². The first kappa shape index (κ1) is 14.3. The van der Waals surface area contributed by atoms with Crippen molar-refractivity contribution in [3.8, 4) is 0 Å². The molecular formula is C14H16ClF2NO. The van der Waals surface area contributed by atoms with Crippen LogP contribution in [-0.4, -0.2) is 18.3 Å². The van der Waals surface area contributed by atoms with Crippen LogP contribution in [0.25, 0.3) is 0 Å². The molecule has 0 unspecified atom stereocenters. The van der Waals surface area contributed by atoms with Crippen LogP contribution in [0.15, 0.2) is 18.2 Å². The predicted octanol–water partition coefficient (Wildman–Crippen LogP) is 3.49. The molecule has 1 amide bonds. The van der Waals surface area contributed by atoms with E-state index in [4.69, 9.17) is 11.6 Å². The molecule has 0 bridgehead atoms. The molecule has 2 nitrogen and oxygen atoms in total. The first-order valence-electron chi connectivity index (χ1n) is 6.36. The van der Waals surface area contributed by atoms with E-state index >= 15 is 0 Å². The number of amides is 1. The molecule has 0 radical (unpaired) electrons. The number of nitrogens with one attached hydrogen (secondary N) is 1. The van der Waals surface area contributed by atoms with Crippen LogP contribution >= 0.6 is 11.6 Å². The van der Waals surface area contributed by atoms with Crippen LogP contribution in [-0.2, 0) is 0 Å². The van der Waals surface area contributed by atoms with Crippen molar-refractivity contribution in [3.63, 3.8) is 0 Å². The van der Waals surface area contributed by atoms with Crippen molar-refractivity contribution in [1.82, 2.24) is 5.32 Å². The SMILES string of the molecule is O=C(NCC1(CCl)CCCC1)c1cccc(F)c1F. The molecule has 0 saturated heterocycles. The minimum atomic E-state index is -1.11. The summed E-state index contributed by atoms with van der Waals surface area (Å²) in [5, 5.41) is 2.67. The third-order valence-electron chi connectivity index (χ3n) is 3.77. The molecule has 0 spiro atoms.